The highest BCUT2D eigenvalue weighted by Crippen LogP contribution is 2.24. The van der Waals surface area contributed by atoms with Crippen LogP contribution in [0.15, 0.2) is 66.9 Å². The molecular weight excluding hydrogens is 208 g/mol. The Labute approximate surface area is 99.9 Å². The van der Waals surface area contributed by atoms with Gasteiger partial charge in [-0.2, -0.15) is 5.10 Å². The van der Waals surface area contributed by atoms with Crippen LogP contribution in [0.1, 0.15) is 0 Å². The van der Waals surface area contributed by atoms with E-state index in [1.807, 2.05) is 18.3 Å². The fourth-order valence-electron chi connectivity index (χ4n) is 1.91. The van der Waals surface area contributed by atoms with Crippen molar-refractivity contribution in [3.8, 4) is 22.4 Å². The van der Waals surface area contributed by atoms with Crippen molar-refractivity contribution in [2.24, 2.45) is 0 Å². The summed E-state index contributed by atoms with van der Waals surface area (Å²) in [5.41, 5.74) is 4.55. The van der Waals surface area contributed by atoms with Crippen LogP contribution in [0.4, 0.5) is 0 Å². The molecule has 0 radical (unpaired) electrons. The maximum Gasteiger partial charge on any atom is 0.0920 e. The summed E-state index contributed by atoms with van der Waals surface area (Å²) >= 11 is 0. The highest BCUT2D eigenvalue weighted by atomic mass is 15.1. The minimum atomic E-state index is 0.975. The van der Waals surface area contributed by atoms with E-state index in [1.54, 1.807) is 0 Å². The molecule has 2 aromatic carbocycles. The lowest BCUT2D eigenvalue weighted by molar-refractivity contribution is 1.10. The van der Waals surface area contributed by atoms with E-state index < -0.39 is 0 Å². The summed E-state index contributed by atoms with van der Waals surface area (Å²) in [4.78, 5) is 0. The molecule has 0 amide bonds. The van der Waals surface area contributed by atoms with Crippen LogP contribution < -0.4 is 0 Å². The summed E-state index contributed by atoms with van der Waals surface area (Å²) in [6.45, 7) is 0. The second kappa shape index (κ2) is 4.26. The average molecular weight is 220 g/mol. The van der Waals surface area contributed by atoms with Gasteiger partial charge in [0.15, 0.2) is 0 Å². The monoisotopic (exact) mass is 220 g/mol. The number of nitrogens with one attached hydrogen (secondary N) is 1. The second-order valence-corrected chi connectivity index (χ2v) is 3.91. The molecule has 2 heteroatoms. The summed E-state index contributed by atoms with van der Waals surface area (Å²) in [7, 11) is 0. The quantitative estimate of drug-likeness (QED) is 0.700. The predicted octanol–water partition coefficient (Wildman–Crippen LogP) is 3.74. The first kappa shape index (κ1) is 9.85. The lowest BCUT2D eigenvalue weighted by atomic mass is 10.0. The molecule has 1 N–H and O–H groups in total. The van der Waals surface area contributed by atoms with Gasteiger partial charge < -0.3 is 0 Å². The summed E-state index contributed by atoms with van der Waals surface area (Å²) in [5, 5.41) is 7.03. The van der Waals surface area contributed by atoms with Crippen LogP contribution in [0.2, 0.25) is 0 Å². The molecule has 0 spiro atoms. The van der Waals surface area contributed by atoms with Crippen LogP contribution in [0, 0.1) is 0 Å². The highest BCUT2D eigenvalue weighted by Gasteiger charge is 2.02. The number of nitrogens with zero attached hydrogens (tertiary/aromatic N) is 1. The molecule has 82 valence electrons. The smallest absolute Gasteiger partial charge is 0.0920 e. The zero-order valence-electron chi connectivity index (χ0n) is 9.30. The van der Waals surface area contributed by atoms with E-state index in [1.165, 1.54) is 11.1 Å². The van der Waals surface area contributed by atoms with Gasteiger partial charge in [-0.15, -0.1) is 0 Å². The van der Waals surface area contributed by atoms with Gasteiger partial charge in [-0.05, 0) is 23.3 Å². The van der Waals surface area contributed by atoms with Crippen LogP contribution in [-0.4, -0.2) is 10.2 Å². The molecule has 0 aliphatic carbocycles. The molecule has 0 aliphatic heterocycles. The molecule has 3 aromatic rings. The van der Waals surface area contributed by atoms with Crippen molar-refractivity contribution in [2.45, 2.75) is 0 Å². The molecule has 0 saturated carbocycles. The van der Waals surface area contributed by atoms with Crippen molar-refractivity contribution in [2.75, 3.05) is 0 Å². The van der Waals surface area contributed by atoms with Gasteiger partial charge in [-0.25, -0.2) is 0 Å². The van der Waals surface area contributed by atoms with Crippen LogP contribution in [-0.2, 0) is 0 Å². The van der Waals surface area contributed by atoms with Crippen molar-refractivity contribution >= 4 is 0 Å². The summed E-state index contributed by atoms with van der Waals surface area (Å²) in [6, 6.07) is 20.7. The van der Waals surface area contributed by atoms with Gasteiger partial charge in [0.05, 0.1) is 5.69 Å². The average Bonchev–Trinajstić information content (AvgIpc) is 2.94. The number of rotatable bonds is 2. The van der Waals surface area contributed by atoms with Crippen molar-refractivity contribution in [3.05, 3.63) is 66.9 Å². The molecule has 0 fully saturated rings. The van der Waals surface area contributed by atoms with Gasteiger partial charge in [0, 0.05) is 11.8 Å². The van der Waals surface area contributed by atoms with E-state index >= 15 is 0 Å². The number of H-pyrrole nitrogens is 1. The van der Waals surface area contributed by atoms with E-state index in [0.29, 0.717) is 0 Å². The van der Waals surface area contributed by atoms with Gasteiger partial charge >= 0.3 is 0 Å². The fraction of sp³-hybridized carbons (Fsp3) is 0. The Bertz CT molecular complexity index is 598. The Balaban J connectivity index is 2.06. The molecule has 2 nitrogen and oxygen atoms in total. The first-order valence-electron chi connectivity index (χ1n) is 5.59. The Morgan fingerprint density at radius 2 is 1.47 bits per heavy atom. The number of aromatic amines is 1. The first-order valence-corrected chi connectivity index (χ1v) is 5.59. The summed E-state index contributed by atoms with van der Waals surface area (Å²) in [6.07, 6.45) is 1.84. The number of benzene rings is 2. The Hall–Kier alpha value is -2.35. The molecule has 17 heavy (non-hydrogen) atoms. The van der Waals surface area contributed by atoms with E-state index in [4.69, 9.17) is 0 Å². The van der Waals surface area contributed by atoms with E-state index in [0.717, 1.165) is 11.3 Å². The molecule has 0 saturated heterocycles. The minimum Gasteiger partial charge on any atom is -0.285 e. The van der Waals surface area contributed by atoms with E-state index in [2.05, 4.69) is 58.7 Å². The van der Waals surface area contributed by atoms with Crippen molar-refractivity contribution in [1.29, 1.82) is 0 Å². The van der Waals surface area contributed by atoms with Crippen molar-refractivity contribution < 1.29 is 0 Å². The standard InChI is InChI=1S/C15H12N2/c1-2-5-12(6-3-1)13-7-4-8-14(11-13)15-9-10-16-17-15/h1-11H,(H,16,17). The van der Waals surface area contributed by atoms with Gasteiger partial charge in [0.1, 0.15) is 0 Å². The Morgan fingerprint density at radius 1 is 0.706 bits per heavy atom. The third kappa shape index (κ3) is 1.97. The van der Waals surface area contributed by atoms with Gasteiger partial charge in [-0.1, -0.05) is 48.5 Å². The molecule has 1 heterocycles. The summed E-state index contributed by atoms with van der Waals surface area (Å²) < 4.78 is 0. The van der Waals surface area contributed by atoms with Crippen molar-refractivity contribution in [3.63, 3.8) is 0 Å². The zero-order valence-corrected chi connectivity index (χ0v) is 9.30. The Kier molecular flexibility index (Phi) is 2.47. The van der Waals surface area contributed by atoms with Crippen LogP contribution in [0.5, 0.6) is 0 Å². The van der Waals surface area contributed by atoms with E-state index in [9.17, 15) is 0 Å². The normalized spacial score (nSPS) is 10.4. The van der Waals surface area contributed by atoms with Gasteiger partial charge in [-0.3, -0.25) is 5.10 Å². The van der Waals surface area contributed by atoms with Gasteiger partial charge in [0.2, 0.25) is 0 Å². The highest BCUT2D eigenvalue weighted by molar-refractivity contribution is 5.71. The largest absolute Gasteiger partial charge is 0.285 e. The van der Waals surface area contributed by atoms with Crippen LogP contribution >= 0.6 is 0 Å². The topological polar surface area (TPSA) is 28.7 Å². The second-order valence-electron chi connectivity index (χ2n) is 3.91. The minimum absolute atomic E-state index is 0.975. The SMILES string of the molecule is c1ccc(-c2cccc(-c3cc[nH]n3)c2)cc1. The molecule has 0 bridgehead atoms. The van der Waals surface area contributed by atoms with Crippen LogP contribution in [0.25, 0.3) is 22.4 Å². The molecule has 3 rings (SSSR count). The lowest BCUT2D eigenvalue weighted by Gasteiger charge is -2.03. The first-order chi connectivity index (χ1) is 8.43. The van der Waals surface area contributed by atoms with Crippen LogP contribution in [0.3, 0.4) is 0 Å². The fourth-order valence-corrected chi connectivity index (χ4v) is 1.91. The predicted molar refractivity (Wildman–Crippen MR) is 69.5 cm³/mol. The maximum absolute atomic E-state index is 4.20. The third-order valence-corrected chi connectivity index (χ3v) is 2.77. The Morgan fingerprint density at radius 3 is 2.24 bits per heavy atom. The van der Waals surface area contributed by atoms with E-state index in [-0.39, 0.29) is 0 Å². The lowest BCUT2D eigenvalue weighted by Crippen LogP contribution is -1.81. The number of hydrogen-bond donors (Lipinski definition) is 1. The number of hydrogen-bond acceptors (Lipinski definition) is 1. The number of aromatic nitrogens is 2. The van der Waals surface area contributed by atoms with Crippen molar-refractivity contribution in [1.82, 2.24) is 10.2 Å². The molecule has 0 aliphatic rings. The zero-order chi connectivity index (χ0) is 11.5. The third-order valence-electron chi connectivity index (χ3n) is 2.77. The van der Waals surface area contributed by atoms with Gasteiger partial charge in [0.25, 0.3) is 0 Å². The summed E-state index contributed by atoms with van der Waals surface area (Å²) in [5.74, 6) is 0. The maximum atomic E-state index is 4.20. The molecule has 0 atom stereocenters. The molecule has 1 aromatic heterocycles. The molecular formula is C15H12N2. The molecule has 0 unspecified atom stereocenters.